The molecule has 6 nitrogen and oxygen atoms in total. The summed E-state index contributed by atoms with van der Waals surface area (Å²) in [5.41, 5.74) is 0.797. The third kappa shape index (κ3) is 3.58. The lowest BCUT2D eigenvalue weighted by molar-refractivity contribution is -0.136. The Bertz CT molecular complexity index is 641. The van der Waals surface area contributed by atoms with E-state index >= 15 is 0 Å². The number of imide groups is 1. The maximum atomic E-state index is 12.6. The largest absolute Gasteiger partial charge is 0.325 e. The molecule has 130 valence electrons. The normalized spacial score (nSPS) is 21.6. The first kappa shape index (κ1) is 18.0. The summed E-state index contributed by atoms with van der Waals surface area (Å²) in [6, 6.07) is 5.97. The van der Waals surface area contributed by atoms with Gasteiger partial charge in [-0.25, -0.2) is 9.69 Å². The third-order valence-electron chi connectivity index (χ3n) is 4.41. The number of urea groups is 1. The molecular formula is C18H25N3O3. The van der Waals surface area contributed by atoms with Crippen LogP contribution in [0, 0.1) is 6.92 Å². The van der Waals surface area contributed by atoms with E-state index in [-0.39, 0.29) is 11.8 Å². The predicted octanol–water partition coefficient (Wildman–Crippen LogP) is 2.82. The number of nitrogens with one attached hydrogen (secondary N) is 2. The van der Waals surface area contributed by atoms with Crippen LogP contribution in [0.2, 0.25) is 0 Å². The van der Waals surface area contributed by atoms with Gasteiger partial charge in [-0.2, -0.15) is 0 Å². The van der Waals surface area contributed by atoms with Crippen molar-refractivity contribution < 1.29 is 14.4 Å². The number of amides is 4. The molecule has 0 bridgehead atoms. The second-order valence-corrected chi connectivity index (χ2v) is 6.57. The predicted molar refractivity (Wildman–Crippen MR) is 92.6 cm³/mol. The Morgan fingerprint density at radius 2 is 1.92 bits per heavy atom. The summed E-state index contributed by atoms with van der Waals surface area (Å²) in [6.45, 7) is 7.26. The van der Waals surface area contributed by atoms with Gasteiger partial charge in [0.1, 0.15) is 11.6 Å². The van der Waals surface area contributed by atoms with Crippen molar-refractivity contribution in [2.45, 2.75) is 58.5 Å². The molecule has 2 N–H and O–H groups in total. The van der Waals surface area contributed by atoms with E-state index in [1.54, 1.807) is 26.0 Å². The van der Waals surface area contributed by atoms with E-state index in [0.717, 1.165) is 23.3 Å². The van der Waals surface area contributed by atoms with E-state index in [1.807, 2.05) is 26.0 Å². The van der Waals surface area contributed by atoms with Crippen molar-refractivity contribution in [2.75, 3.05) is 5.32 Å². The minimum absolute atomic E-state index is 0.340. The van der Waals surface area contributed by atoms with E-state index in [0.29, 0.717) is 12.1 Å². The molecule has 0 spiro atoms. The van der Waals surface area contributed by atoms with Crippen LogP contribution in [0.15, 0.2) is 24.3 Å². The van der Waals surface area contributed by atoms with Gasteiger partial charge in [0.2, 0.25) is 5.91 Å². The van der Waals surface area contributed by atoms with Crippen LogP contribution in [0.5, 0.6) is 0 Å². The summed E-state index contributed by atoms with van der Waals surface area (Å²) in [7, 11) is 0. The van der Waals surface area contributed by atoms with Gasteiger partial charge >= 0.3 is 6.03 Å². The van der Waals surface area contributed by atoms with Crippen LogP contribution in [0.3, 0.4) is 0 Å². The Balaban J connectivity index is 2.09. The lowest BCUT2D eigenvalue weighted by atomic mass is 9.95. The van der Waals surface area contributed by atoms with E-state index in [9.17, 15) is 14.4 Å². The van der Waals surface area contributed by atoms with Gasteiger partial charge in [0.05, 0.1) is 0 Å². The number of rotatable bonds is 6. The maximum Gasteiger partial charge on any atom is 0.325 e. The molecule has 1 aliphatic rings. The van der Waals surface area contributed by atoms with Crippen LogP contribution in [-0.2, 0) is 9.59 Å². The Morgan fingerprint density at radius 3 is 2.50 bits per heavy atom. The molecule has 1 aromatic rings. The molecule has 0 radical (unpaired) electrons. The topological polar surface area (TPSA) is 78.5 Å². The minimum atomic E-state index is -0.925. The van der Waals surface area contributed by atoms with Crippen LogP contribution >= 0.6 is 0 Å². The zero-order valence-electron chi connectivity index (χ0n) is 14.7. The Hall–Kier alpha value is -2.37. The standard InChI is InChI=1S/C18H25N3O3/c1-5-6-11-18(4)16(23)21(17(24)20-18)13(3)15(22)19-14-9-7-12(2)8-10-14/h7-10,13H,5-6,11H2,1-4H3,(H,19,22)(H,20,24)/t13-,18-/m1/s1. The van der Waals surface area contributed by atoms with E-state index in [4.69, 9.17) is 0 Å². The molecule has 1 aliphatic heterocycles. The van der Waals surface area contributed by atoms with Crippen LogP contribution in [0.1, 0.15) is 45.6 Å². The summed E-state index contributed by atoms with van der Waals surface area (Å²) < 4.78 is 0. The molecule has 0 aromatic heterocycles. The first-order valence-electron chi connectivity index (χ1n) is 8.32. The summed E-state index contributed by atoms with van der Waals surface area (Å²) in [6.07, 6.45) is 2.33. The SMILES string of the molecule is CCCC[C@@]1(C)NC(=O)N([C@H](C)C(=O)Nc2ccc(C)cc2)C1=O. The van der Waals surface area contributed by atoms with Gasteiger partial charge < -0.3 is 10.6 Å². The van der Waals surface area contributed by atoms with Crippen molar-refractivity contribution in [1.82, 2.24) is 10.2 Å². The molecule has 6 heteroatoms. The number of benzene rings is 1. The lowest BCUT2D eigenvalue weighted by Gasteiger charge is -2.24. The number of hydrogen-bond acceptors (Lipinski definition) is 3. The third-order valence-corrected chi connectivity index (χ3v) is 4.41. The number of anilines is 1. The maximum absolute atomic E-state index is 12.6. The van der Waals surface area contributed by atoms with Crippen molar-refractivity contribution >= 4 is 23.5 Å². The van der Waals surface area contributed by atoms with Crippen molar-refractivity contribution in [2.24, 2.45) is 0 Å². The molecule has 0 saturated carbocycles. The van der Waals surface area contributed by atoms with Crippen molar-refractivity contribution in [3.63, 3.8) is 0 Å². The monoisotopic (exact) mass is 331 g/mol. The zero-order chi connectivity index (χ0) is 17.9. The van der Waals surface area contributed by atoms with Crippen molar-refractivity contribution in [3.05, 3.63) is 29.8 Å². The fourth-order valence-electron chi connectivity index (χ4n) is 2.76. The molecule has 1 saturated heterocycles. The average Bonchev–Trinajstić information content (AvgIpc) is 2.76. The first-order chi connectivity index (χ1) is 11.3. The number of nitrogens with zero attached hydrogens (tertiary/aromatic N) is 1. The number of carbonyl (C=O) groups is 3. The summed E-state index contributed by atoms with van der Waals surface area (Å²) in [5, 5.41) is 5.47. The Labute approximate surface area is 142 Å². The Morgan fingerprint density at radius 1 is 1.29 bits per heavy atom. The van der Waals surface area contributed by atoms with E-state index in [1.165, 1.54) is 0 Å². The van der Waals surface area contributed by atoms with Gasteiger partial charge in [0.25, 0.3) is 5.91 Å². The highest BCUT2D eigenvalue weighted by molar-refractivity contribution is 6.10. The fourth-order valence-corrected chi connectivity index (χ4v) is 2.76. The van der Waals surface area contributed by atoms with E-state index in [2.05, 4.69) is 10.6 Å². The van der Waals surface area contributed by atoms with Crippen LogP contribution in [0.25, 0.3) is 0 Å². The molecule has 2 atom stereocenters. The first-order valence-corrected chi connectivity index (χ1v) is 8.32. The summed E-state index contributed by atoms with van der Waals surface area (Å²) in [4.78, 5) is 38.3. The number of carbonyl (C=O) groups excluding carboxylic acids is 3. The van der Waals surface area contributed by atoms with E-state index < -0.39 is 17.6 Å². The average molecular weight is 331 g/mol. The second-order valence-electron chi connectivity index (χ2n) is 6.57. The molecule has 1 fully saturated rings. The smallest absolute Gasteiger partial charge is 0.324 e. The molecule has 1 aromatic carbocycles. The summed E-state index contributed by atoms with van der Waals surface area (Å²) in [5.74, 6) is -0.727. The Kier molecular flexibility index (Phi) is 5.26. The van der Waals surface area contributed by atoms with Gasteiger partial charge in [0.15, 0.2) is 0 Å². The van der Waals surface area contributed by atoms with Gasteiger partial charge in [-0.15, -0.1) is 0 Å². The number of aryl methyl sites for hydroxylation is 1. The van der Waals surface area contributed by atoms with Gasteiger partial charge in [-0.3, -0.25) is 9.59 Å². The van der Waals surface area contributed by atoms with Crippen molar-refractivity contribution in [1.29, 1.82) is 0 Å². The highest BCUT2D eigenvalue weighted by atomic mass is 16.2. The second kappa shape index (κ2) is 7.03. The van der Waals surface area contributed by atoms with Gasteiger partial charge in [-0.1, -0.05) is 37.5 Å². The minimum Gasteiger partial charge on any atom is -0.324 e. The highest BCUT2D eigenvalue weighted by Gasteiger charge is 2.50. The van der Waals surface area contributed by atoms with Crippen molar-refractivity contribution in [3.8, 4) is 0 Å². The zero-order valence-corrected chi connectivity index (χ0v) is 14.7. The molecule has 0 unspecified atom stereocenters. The lowest BCUT2D eigenvalue weighted by Crippen LogP contribution is -2.48. The molecule has 4 amide bonds. The van der Waals surface area contributed by atoms with Crippen LogP contribution < -0.4 is 10.6 Å². The molecule has 0 aliphatic carbocycles. The molecule has 24 heavy (non-hydrogen) atoms. The molecule has 1 heterocycles. The quantitative estimate of drug-likeness (QED) is 0.787. The summed E-state index contributed by atoms with van der Waals surface area (Å²) >= 11 is 0. The number of hydrogen-bond donors (Lipinski definition) is 2. The number of unbranched alkanes of at least 4 members (excludes halogenated alkanes) is 1. The van der Waals surface area contributed by atoms with Crippen LogP contribution in [-0.4, -0.2) is 34.3 Å². The molecular weight excluding hydrogens is 306 g/mol. The van der Waals surface area contributed by atoms with Crippen LogP contribution in [0.4, 0.5) is 10.5 Å². The van der Waals surface area contributed by atoms with Gasteiger partial charge in [-0.05, 0) is 39.3 Å². The highest BCUT2D eigenvalue weighted by Crippen LogP contribution is 2.25. The van der Waals surface area contributed by atoms with Gasteiger partial charge in [0, 0.05) is 5.69 Å². The fraction of sp³-hybridized carbons (Fsp3) is 0.500. The molecule has 2 rings (SSSR count).